The molecule has 0 heterocycles. The molecule has 38 heavy (non-hydrogen) atoms. The molecule has 8 nitrogen and oxygen atoms in total. The number of hydrogen-bond donors (Lipinski definition) is 0. The topological polar surface area (TPSA) is 73.8 Å². The van der Waals surface area contributed by atoms with Gasteiger partial charge in [0.25, 0.3) is 0 Å². The van der Waals surface area contributed by atoms with E-state index in [0.717, 1.165) is 26.5 Å². The highest BCUT2D eigenvalue weighted by Crippen LogP contribution is 2.51. The van der Waals surface area contributed by atoms with Crippen molar-refractivity contribution in [2.45, 2.75) is 20.3 Å². The molecule has 0 atom stereocenters. The Hall–Kier alpha value is -2.72. The fourth-order valence-electron chi connectivity index (χ4n) is 3.59. The summed E-state index contributed by atoms with van der Waals surface area (Å²) in [7, 11) is 12.6. The zero-order valence-corrected chi connectivity index (χ0v) is 27.2. The molecule has 2 aromatic rings. The van der Waals surface area contributed by atoms with Gasteiger partial charge in [0.2, 0.25) is 23.0 Å². The summed E-state index contributed by atoms with van der Waals surface area (Å²) in [6.07, 6.45) is 4.28. The Morgan fingerprint density at radius 2 is 0.842 bits per heavy atom. The van der Waals surface area contributed by atoms with Crippen LogP contribution in [0.1, 0.15) is 16.7 Å². The standard InChI is InChI=1S/C14H20O4.C11H15BrO4.C3H5Br/c1-7-8-10-9(2)11(15-3)13(17-5)14(18-6)12(10)16-4;1-6-7(12)9(14-3)11(16-5)10(15-4)8(6)13-2;1-2-3-4/h7H,1,8H2,2-6H3;1-5H3;2H,1,3H2. The lowest BCUT2D eigenvalue weighted by molar-refractivity contribution is 0.302. The number of allylic oxidation sites excluding steroid dienone is 2. The van der Waals surface area contributed by atoms with Crippen LogP contribution in [0.5, 0.6) is 46.0 Å². The van der Waals surface area contributed by atoms with Crippen molar-refractivity contribution < 1.29 is 37.9 Å². The molecule has 214 valence electrons. The van der Waals surface area contributed by atoms with Gasteiger partial charge in [-0.2, -0.15) is 0 Å². The Bertz CT molecular complexity index is 1020. The summed E-state index contributed by atoms with van der Waals surface area (Å²) in [5, 5.41) is 0.896. The average molecular weight is 664 g/mol. The minimum absolute atomic E-state index is 0.513. The predicted octanol–water partition coefficient (Wildman–Crippen LogP) is 7.12. The van der Waals surface area contributed by atoms with Gasteiger partial charge in [-0.1, -0.05) is 28.1 Å². The van der Waals surface area contributed by atoms with Crippen LogP contribution < -0.4 is 37.9 Å². The summed E-state index contributed by atoms with van der Waals surface area (Å²) < 4.78 is 43.5. The van der Waals surface area contributed by atoms with Crippen LogP contribution in [0.4, 0.5) is 0 Å². The summed E-state index contributed by atoms with van der Waals surface area (Å²) in [6, 6.07) is 0. The highest BCUT2D eigenvalue weighted by atomic mass is 79.9. The first kappa shape index (κ1) is 35.3. The van der Waals surface area contributed by atoms with Gasteiger partial charge in [0, 0.05) is 22.0 Å². The van der Waals surface area contributed by atoms with E-state index >= 15 is 0 Å². The predicted molar refractivity (Wildman–Crippen MR) is 160 cm³/mol. The van der Waals surface area contributed by atoms with Gasteiger partial charge in [-0.3, -0.25) is 0 Å². The molecular formula is C28H40Br2O8. The van der Waals surface area contributed by atoms with Crippen LogP contribution in [0.25, 0.3) is 0 Å². The molecule has 0 spiro atoms. The Balaban J connectivity index is 0.000000635. The van der Waals surface area contributed by atoms with Crippen molar-refractivity contribution in [1.82, 2.24) is 0 Å². The van der Waals surface area contributed by atoms with Gasteiger partial charge in [0.15, 0.2) is 23.0 Å². The first-order valence-electron chi connectivity index (χ1n) is 11.3. The van der Waals surface area contributed by atoms with Crippen molar-refractivity contribution in [2.75, 3.05) is 62.2 Å². The summed E-state index contributed by atoms with van der Waals surface area (Å²) in [5.74, 6) is 4.67. The number of ether oxygens (including phenoxy) is 8. The van der Waals surface area contributed by atoms with Crippen LogP contribution in [-0.4, -0.2) is 62.2 Å². The monoisotopic (exact) mass is 662 g/mol. The van der Waals surface area contributed by atoms with Crippen molar-refractivity contribution in [2.24, 2.45) is 0 Å². The van der Waals surface area contributed by atoms with Crippen LogP contribution >= 0.6 is 31.9 Å². The molecule has 0 aliphatic heterocycles. The zero-order chi connectivity index (χ0) is 29.4. The Labute approximate surface area is 244 Å². The molecule has 0 bridgehead atoms. The lowest BCUT2D eigenvalue weighted by Gasteiger charge is -2.20. The van der Waals surface area contributed by atoms with Gasteiger partial charge in [-0.15, -0.1) is 13.2 Å². The maximum absolute atomic E-state index is 5.43. The van der Waals surface area contributed by atoms with E-state index in [1.54, 1.807) is 63.0 Å². The van der Waals surface area contributed by atoms with E-state index in [1.165, 1.54) is 0 Å². The molecule has 0 radical (unpaired) electrons. The lowest BCUT2D eigenvalue weighted by Crippen LogP contribution is -2.04. The zero-order valence-electron chi connectivity index (χ0n) is 24.0. The molecule has 0 aliphatic carbocycles. The largest absolute Gasteiger partial charge is 0.492 e. The number of hydrogen-bond acceptors (Lipinski definition) is 8. The third-order valence-corrected chi connectivity index (χ3v) is 6.68. The molecule has 10 heteroatoms. The van der Waals surface area contributed by atoms with Crippen LogP contribution in [0, 0.1) is 13.8 Å². The highest BCUT2D eigenvalue weighted by Gasteiger charge is 2.25. The summed E-state index contributed by atoms with van der Waals surface area (Å²) >= 11 is 6.58. The molecule has 0 aliphatic rings. The first-order chi connectivity index (χ1) is 18.2. The summed E-state index contributed by atoms with van der Waals surface area (Å²) in [5.41, 5.74) is 2.85. The van der Waals surface area contributed by atoms with E-state index in [9.17, 15) is 0 Å². The van der Waals surface area contributed by atoms with Crippen LogP contribution in [0.15, 0.2) is 29.8 Å². The minimum Gasteiger partial charge on any atom is -0.492 e. The van der Waals surface area contributed by atoms with Gasteiger partial charge < -0.3 is 37.9 Å². The SMILES string of the molecule is C=CCBr.C=CCc1c(C)c(OC)c(OC)c(OC)c1OC.COc1c(C)c(Br)c(OC)c(OC)c1OC. The van der Waals surface area contributed by atoms with E-state index in [2.05, 4.69) is 45.0 Å². The highest BCUT2D eigenvalue weighted by molar-refractivity contribution is 9.10. The van der Waals surface area contributed by atoms with E-state index in [0.29, 0.717) is 52.4 Å². The average Bonchev–Trinajstić information content (AvgIpc) is 2.94. The second-order valence-electron chi connectivity index (χ2n) is 7.24. The van der Waals surface area contributed by atoms with Gasteiger partial charge in [-0.25, -0.2) is 0 Å². The second kappa shape index (κ2) is 18.5. The third kappa shape index (κ3) is 8.14. The van der Waals surface area contributed by atoms with Crippen molar-refractivity contribution in [3.8, 4) is 46.0 Å². The number of benzene rings is 2. The van der Waals surface area contributed by atoms with Crippen LogP contribution in [0.2, 0.25) is 0 Å². The normalized spacial score (nSPS) is 9.47. The fraction of sp³-hybridized carbons (Fsp3) is 0.429. The van der Waals surface area contributed by atoms with E-state index < -0.39 is 0 Å². The maximum Gasteiger partial charge on any atom is 0.208 e. The molecule has 0 aromatic heterocycles. The first-order valence-corrected chi connectivity index (χ1v) is 13.3. The molecule has 0 saturated heterocycles. The molecule has 0 fully saturated rings. The summed E-state index contributed by atoms with van der Waals surface area (Å²) in [6.45, 7) is 11.1. The third-order valence-electron chi connectivity index (χ3n) is 5.26. The van der Waals surface area contributed by atoms with Crippen LogP contribution in [-0.2, 0) is 6.42 Å². The Morgan fingerprint density at radius 1 is 0.526 bits per heavy atom. The number of methoxy groups -OCH3 is 8. The van der Waals surface area contributed by atoms with Crippen molar-refractivity contribution in [3.05, 3.63) is 46.5 Å². The molecule has 0 saturated carbocycles. The van der Waals surface area contributed by atoms with E-state index in [1.807, 2.05) is 19.9 Å². The molecule has 2 rings (SSSR count). The number of halogens is 2. The fourth-order valence-corrected chi connectivity index (χ4v) is 4.11. The minimum atomic E-state index is 0.513. The second-order valence-corrected chi connectivity index (χ2v) is 8.68. The van der Waals surface area contributed by atoms with Crippen molar-refractivity contribution in [1.29, 1.82) is 0 Å². The van der Waals surface area contributed by atoms with Gasteiger partial charge in [-0.05, 0) is 36.2 Å². The maximum atomic E-state index is 5.43. The van der Waals surface area contributed by atoms with Gasteiger partial charge in [0.1, 0.15) is 0 Å². The molecule has 0 unspecified atom stereocenters. The van der Waals surface area contributed by atoms with Crippen molar-refractivity contribution in [3.63, 3.8) is 0 Å². The van der Waals surface area contributed by atoms with Crippen LogP contribution in [0.3, 0.4) is 0 Å². The quantitative estimate of drug-likeness (QED) is 0.186. The smallest absolute Gasteiger partial charge is 0.208 e. The molecular weight excluding hydrogens is 624 g/mol. The Morgan fingerprint density at radius 3 is 1.16 bits per heavy atom. The Kier molecular flexibility index (Phi) is 17.2. The lowest BCUT2D eigenvalue weighted by atomic mass is 10.0. The molecule has 0 N–H and O–H groups in total. The molecule has 2 aromatic carbocycles. The number of rotatable bonds is 11. The molecule has 0 amide bonds. The van der Waals surface area contributed by atoms with E-state index in [4.69, 9.17) is 37.9 Å². The van der Waals surface area contributed by atoms with Gasteiger partial charge >= 0.3 is 0 Å². The van der Waals surface area contributed by atoms with E-state index in [-0.39, 0.29) is 0 Å². The van der Waals surface area contributed by atoms with Gasteiger partial charge in [0.05, 0.1) is 61.4 Å². The number of alkyl halides is 1. The summed E-state index contributed by atoms with van der Waals surface area (Å²) in [4.78, 5) is 0. The van der Waals surface area contributed by atoms with Crippen molar-refractivity contribution >= 4 is 31.9 Å².